The molecular formula is C10H10N4O2. The second-order valence-corrected chi connectivity index (χ2v) is 3.31. The van der Waals surface area contributed by atoms with Crippen LogP contribution in [0, 0.1) is 0 Å². The first-order valence-electron chi connectivity index (χ1n) is 4.72. The number of hydrogen-bond acceptors (Lipinski definition) is 4. The molecule has 82 valence electrons. The molecule has 0 aliphatic heterocycles. The van der Waals surface area contributed by atoms with Gasteiger partial charge in [-0.2, -0.15) is 5.10 Å². The second kappa shape index (κ2) is 4.09. The van der Waals surface area contributed by atoms with Crippen LogP contribution < -0.4 is 0 Å². The molecule has 2 aromatic rings. The summed E-state index contributed by atoms with van der Waals surface area (Å²) in [5.41, 5.74) is 1.42. The van der Waals surface area contributed by atoms with Crippen LogP contribution in [-0.4, -0.2) is 30.8 Å². The van der Waals surface area contributed by atoms with Crippen LogP contribution in [0.3, 0.4) is 0 Å². The average molecular weight is 218 g/mol. The van der Waals surface area contributed by atoms with E-state index < -0.39 is 12.0 Å². The standard InChI is InChI=1S/C10H10N4O2/c1-7(10(15)16)14-6-8(4-13-14)9-5-11-2-3-12-9/h2-7H,1H3,(H,15,16)/t7-/m0/s1. The molecule has 6 heteroatoms. The molecule has 0 saturated heterocycles. The van der Waals surface area contributed by atoms with Gasteiger partial charge >= 0.3 is 5.97 Å². The molecule has 0 aliphatic carbocycles. The topological polar surface area (TPSA) is 80.9 Å². The Bertz CT molecular complexity index is 495. The maximum absolute atomic E-state index is 10.8. The quantitative estimate of drug-likeness (QED) is 0.830. The van der Waals surface area contributed by atoms with E-state index in [4.69, 9.17) is 5.11 Å². The molecule has 2 rings (SSSR count). The van der Waals surface area contributed by atoms with Gasteiger partial charge < -0.3 is 5.11 Å². The van der Waals surface area contributed by atoms with E-state index in [2.05, 4.69) is 15.1 Å². The average Bonchev–Trinajstić information content (AvgIpc) is 2.78. The van der Waals surface area contributed by atoms with Gasteiger partial charge in [0.15, 0.2) is 0 Å². The van der Waals surface area contributed by atoms with Crippen molar-refractivity contribution in [3.05, 3.63) is 31.0 Å². The Hall–Kier alpha value is -2.24. The van der Waals surface area contributed by atoms with Gasteiger partial charge in [0.1, 0.15) is 6.04 Å². The fraction of sp³-hybridized carbons (Fsp3) is 0.200. The largest absolute Gasteiger partial charge is 0.480 e. The SMILES string of the molecule is C[C@@H](C(=O)O)n1cc(-c2cnccn2)cn1. The summed E-state index contributed by atoms with van der Waals surface area (Å²) in [7, 11) is 0. The molecule has 0 saturated carbocycles. The predicted molar refractivity (Wildman–Crippen MR) is 55.6 cm³/mol. The van der Waals surface area contributed by atoms with Crippen molar-refractivity contribution >= 4 is 5.97 Å². The minimum Gasteiger partial charge on any atom is -0.480 e. The summed E-state index contributed by atoms with van der Waals surface area (Å²) in [4.78, 5) is 18.8. The molecular weight excluding hydrogens is 208 g/mol. The number of carboxylic acid groups (broad SMARTS) is 1. The summed E-state index contributed by atoms with van der Waals surface area (Å²) in [6.07, 6.45) is 7.97. The Balaban J connectivity index is 2.30. The van der Waals surface area contributed by atoms with Gasteiger partial charge in [-0.3, -0.25) is 14.6 Å². The van der Waals surface area contributed by atoms with Crippen LogP contribution in [0.25, 0.3) is 11.3 Å². The lowest BCUT2D eigenvalue weighted by atomic mass is 10.3. The molecule has 16 heavy (non-hydrogen) atoms. The summed E-state index contributed by atoms with van der Waals surface area (Å²) >= 11 is 0. The third kappa shape index (κ3) is 1.90. The van der Waals surface area contributed by atoms with E-state index in [9.17, 15) is 4.79 Å². The first kappa shape index (κ1) is 10.3. The first-order valence-corrected chi connectivity index (χ1v) is 4.72. The lowest BCUT2D eigenvalue weighted by Gasteiger charge is -2.04. The maximum Gasteiger partial charge on any atom is 0.328 e. The Morgan fingerprint density at radius 3 is 2.88 bits per heavy atom. The maximum atomic E-state index is 10.8. The molecule has 1 atom stereocenters. The molecule has 2 aromatic heterocycles. The third-order valence-corrected chi connectivity index (χ3v) is 2.21. The van der Waals surface area contributed by atoms with E-state index in [0.29, 0.717) is 5.69 Å². The lowest BCUT2D eigenvalue weighted by Crippen LogP contribution is -2.15. The summed E-state index contributed by atoms with van der Waals surface area (Å²) in [6.45, 7) is 1.57. The molecule has 0 bridgehead atoms. The molecule has 1 N–H and O–H groups in total. The van der Waals surface area contributed by atoms with Crippen molar-refractivity contribution in [2.75, 3.05) is 0 Å². The zero-order valence-corrected chi connectivity index (χ0v) is 8.61. The third-order valence-electron chi connectivity index (χ3n) is 2.21. The number of rotatable bonds is 3. The molecule has 0 aromatic carbocycles. The van der Waals surface area contributed by atoms with Gasteiger partial charge in [-0.25, -0.2) is 4.79 Å². The fourth-order valence-electron chi connectivity index (χ4n) is 1.24. The van der Waals surface area contributed by atoms with Gasteiger partial charge in [0, 0.05) is 24.2 Å². The highest BCUT2D eigenvalue weighted by Gasteiger charge is 2.14. The number of hydrogen-bond donors (Lipinski definition) is 1. The van der Waals surface area contributed by atoms with Crippen LogP contribution in [0.4, 0.5) is 0 Å². The molecule has 0 spiro atoms. The zero-order chi connectivity index (χ0) is 11.5. The number of nitrogens with zero attached hydrogens (tertiary/aromatic N) is 4. The Morgan fingerprint density at radius 1 is 1.44 bits per heavy atom. The van der Waals surface area contributed by atoms with E-state index in [1.807, 2.05) is 0 Å². The van der Waals surface area contributed by atoms with Gasteiger partial charge in [-0.15, -0.1) is 0 Å². The van der Waals surface area contributed by atoms with Gasteiger partial charge in [-0.05, 0) is 6.92 Å². The fourth-order valence-corrected chi connectivity index (χ4v) is 1.24. The zero-order valence-electron chi connectivity index (χ0n) is 8.61. The van der Waals surface area contributed by atoms with Crippen LogP contribution in [0.1, 0.15) is 13.0 Å². The van der Waals surface area contributed by atoms with Crippen LogP contribution in [-0.2, 0) is 4.79 Å². The molecule has 0 aliphatic rings. The highest BCUT2D eigenvalue weighted by Crippen LogP contribution is 2.16. The lowest BCUT2D eigenvalue weighted by molar-refractivity contribution is -0.140. The van der Waals surface area contributed by atoms with Crippen molar-refractivity contribution in [3.63, 3.8) is 0 Å². The summed E-state index contributed by atoms with van der Waals surface area (Å²) in [5, 5.41) is 12.8. The van der Waals surface area contributed by atoms with E-state index in [1.54, 1.807) is 37.9 Å². The number of carboxylic acids is 1. The van der Waals surface area contributed by atoms with Crippen LogP contribution >= 0.6 is 0 Å². The number of aliphatic carboxylic acids is 1. The molecule has 0 unspecified atom stereocenters. The van der Waals surface area contributed by atoms with Crippen LogP contribution in [0.15, 0.2) is 31.0 Å². The minimum atomic E-state index is -0.922. The number of carbonyl (C=O) groups is 1. The van der Waals surface area contributed by atoms with E-state index in [0.717, 1.165) is 5.56 Å². The summed E-state index contributed by atoms with van der Waals surface area (Å²) in [6, 6.07) is -0.689. The molecule has 6 nitrogen and oxygen atoms in total. The Morgan fingerprint density at radius 2 is 2.25 bits per heavy atom. The Kier molecular flexibility index (Phi) is 2.63. The van der Waals surface area contributed by atoms with Crippen molar-refractivity contribution in [2.45, 2.75) is 13.0 Å². The van der Waals surface area contributed by atoms with Gasteiger partial charge in [-0.1, -0.05) is 0 Å². The minimum absolute atomic E-state index is 0.673. The van der Waals surface area contributed by atoms with Crippen LogP contribution in [0.2, 0.25) is 0 Å². The highest BCUT2D eigenvalue weighted by atomic mass is 16.4. The van der Waals surface area contributed by atoms with Gasteiger partial charge in [0.05, 0.1) is 18.1 Å². The molecule has 0 fully saturated rings. The van der Waals surface area contributed by atoms with E-state index >= 15 is 0 Å². The van der Waals surface area contributed by atoms with Crippen molar-refractivity contribution < 1.29 is 9.90 Å². The Labute approximate surface area is 91.6 Å². The van der Waals surface area contributed by atoms with Crippen molar-refractivity contribution in [1.82, 2.24) is 19.7 Å². The van der Waals surface area contributed by atoms with Gasteiger partial charge in [0.25, 0.3) is 0 Å². The first-order chi connectivity index (χ1) is 7.68. The predicted octanol–water partition coefficient (Wildman–Crippen LogP) is 0.986. The van der Waals surface area contributed by atoms with Crippen molar-refractivity contribution in [3.8, 4) is 11.3 Å². The molecule has 2 heterocycles. The van der Waals surface area contributed by atoms with E-state index in [1.165, 1.54) is 4.68 Å². The molecule has 0 radical (unpaired) electrons. The molecule has 0 amide bonds. The second-order valence-electron chi connectivity index (χ2n) is 3.31. The summed E-state index contributed by atoms with van der Waals surface area (Å²) < 4.78 is 1.38. The number of aromatic nitrogens is 4. The van der Waals surface area contributed by atoms with Crippen LogP contribution in [0.5, 0.6) is 0 Å². The summed E-state index contributed by atoms with van der Waals surface area (Å²) in [5.74, 6) is -0.922. The highest BCUT2D eigenvalue weighted by molar-refractivity contribution is 5.71. The van der Waals surface area contributed by atoms with Gasteiger partial charge in [0.2, 0.25) is 0 Å². The van der Waals surface area contributed by atoms with Crippen molar-refractivity contribution in [1.29, 1.82) is 0 Å². The smallest absolute Gasteiger partial charge is 0.328 e. The van der Waals surface area contributed by atoms with Crippen molar-refractivity contribution in [2.24, 2.45) is 0 Å². The normalized spacial score (nSPS) is 12.3. The van der Waals surface area contributed by atoms with E-state index in [-0.39, 0.29) is 0 Å². The monoisotopic (exact) mass is 218 g/mol.